The Morgan fingerprint density at radius 2 is 1.68 bits per heavy atom. The summed E-state index contributed by atoms with van der Waals surface area (Å²) in [7, 11) is 3.20. The summed E-state index contributed by atoms with van der Waals surface area (Å²) < 4.78 is 16.1. The quantitative estimate of drug-likeness (QED) is 0.591. The van der Waals surface area contributed by atoms with Crippen molar-refractivity contribution < 1.29 is 19.1 Å². The standard InChI is InChI=1S/C23H28N4O4/c1-29-20-9-8-18(14-21(20)30-2)23-24-22(31-25-23)16-27-12-10-26(11-13-27)15-19(28)17-6-4-3-5-7-17/h3-9,14,19,28H,10-13,15-16H2,1-2H3. The summed E-state index contributed by atoms with van der Waals surface area (Å²) in [6.45, 7) is 4.80. The number of hydrogen-bond acceptors (Lipinski definition) is 8. The van der Waals surface area contributed by atoms with E-state index in [-0.39, 0.29) is 0 Å². The van der Waals surface area contributed by atoms with Crippen LogP contribution in [-0.4, -0.2) is 72.0 Å². The Kier molecular flexibility index (Phi) is 6.81. The summed E-state index contributed by atoms with van der Waals surface area (Å²) >= 11 is 0. The van der Waals surface area contributed by atoms with Gasteiger partial charge in [0.15, 0.2) is 11.5 Å². The Bertz CT molecular complexity index is 971. The molecule has 1 aliphatic heterocycles. The molecule has 8 nitrogen and oxygen atoms in total. The van der Waals surface area contributed by atoms with E-state index in [1.165, 1.54) is 0 Å². The van der Waals surface area contributed by atoms with Gasteiger partial charge in [0, 0.05) is 38.3 Å². The van der Waals surface area contributed by atoms with E-state index in [0.29, 0.717) is 36.3 Å². The summed E-state index contributed by atoms with van der Waals surface area (Å²) in [5.74, 6) is 2.40. The lowest BCUT2D eigenvalue weighted by Crippen LogP contribution is -2.47. The summed E-state index contributed by atoms with van der Waals surface area (Å²) in [5, 5.41) is 14.6. The van der Waals surface area contributed by atoms with Gasteiger partial charge in [-0.3, -0.25) is 9.80 Å². The maximum absolute atomic E-state index is 10.4. The Morgan fingerprint density at radius 3 is 2.39 bits per heavy atom. The number of aliphatic hydroxyl groups is 1. The van der Waals surface area contributed by atoms with Crippen molar-refractivity contribution in [2.45, 2.75) is 12.6 Å². The number of benzene rings is 2. The number of β-amino-alcohol motifs (C(OH)–C–C–N with tert-alkyl or cyclic N) is 1. The number of piperazine rings is 1. The second kappa shape index (κ2) is 9.91. The molecule has 0 amide bonds. The Hall–Kier alpha value is -2.94. The first kappa shape index (κ1) is 21.3. The summed E-state index contributed by atoms with van der Waals surface area (Å²) in [6, 6.07) is 15.3. The number of ether oxygens (including phenoxy) is 2. The first-order valence-corrected chi connectivity index (χ1v) is 10.4. The zero-order valence-electron chi connectivity index (χ0n) is 17.9. The van der Waals surface area contributed by atoms with Crippen LogP contribution in [0.4, 0.5) is 0 Å². The monoisotopic (exact) mass is 424 g/mol. The number of aromatic nitrogens is 2. The number of hydrogen-bond donors (Lipinski definition) is 1. The molecule has 1 N–H and O–H groups in total. The smallest absolute Gasteiger partial charge is 0.241 e. The van der Waals surface area contributed by atoms with E-state index >= 15 is 0 Å². The van der Waals surface area contributed by atoms with E-state index in [1.807, 2.05) is 48.5 Å². The summed E-state index contributed by atoms with van der Waals surface area (Å²) in [4.78, 5) is 9.12. The lowest BCUT2D eigenvalue weighted by molar-refractivity contribution is 0.0663. The van der Waals surface area contributed by atoms with Crippen LogP contribution < -0.4 is 9.47 Å². The fourth-order valence-electron chi connectivity index (χ4n) is 3.76. The van der Waals surface area contributed by atoms with Crippen molar-refractivity contribution >= 4 is 0 Å². The fraction of sp³-hybridized carbons (Fsp3) is 0.391. The molecule has 1 aliphatic rings. The van der Waals surface area contributed by atoms with Gasteiger partial charge in [-0.2, -0.15) is 4.98 Å². The zero-order chi connectivity index (χ0) is 21.6. The number of aliphatic hydroxyl groups excluding tert-OH is 1. The van der Waals surface area contributed by atoms with Crippen molar-refractivity contribution in [1.82, 2.24) is 19.9 Å². The van der Waals surface area contributed by atoms with Gasteiger partial charge in [0.05, 0.1) is 26.9 Å². The van der Waals surface area contributed by atoms with Crippen LogP contribution in [0.5, 0.6) is 11.5 Å². The van der Waals surface area contributed by atoms with Crippen LogP contribution >= 0.6 is 0 Å². The Labute approximate surface area is 182 Å². The van der Waals surface area contributed by atoms with E-state index in [4.69, 9.17) is 14.0 Å². The predicted octanol–water partition coefficient (Wildman–Crippen LogP) is 2.61. The van der Waals surface area contributed by atoms with Gasteiger partial charge < -0.3 is 19.1 Å². The highest BCUT2D eigenvalue weighted by Gasteiger charge is 2.22. The molecule has 0 aliphatic carbocycles. The molecule has 2 heterocycles. The van der Waals surface area contributed by atoms with Gasteiger partial charge in [-0.05, 0) is 23.8 Å². The van der Waals surface area contributed by atoms with Gasteiger partial charge in [0.1, 0.15) is 0 Å². The molecule has 1 fully saturated rings. The molecule has 1 atom stereocenters. The lowest BCUT2D eigenvalue weighted by atomic mass is 10.1. The average molecular weight is 425 g/mol. The molecular formula is C23H28N4O4. The zero-order valence-corrected chi connectivity index (χ0v) is 17.9. The van der Waals surface area contributed by atoms with Gasteiger partial charge in [-0.1, -0.05) is 35.5 Å². The van der Waals surface area contributed by atoms with Crippen LogP contribution in [0, 0.1) is 0 Å². The molecule has 4 rings (SSSR count). The van der Waals surface area contributed by atoms with Gasteiger partial charge in [0.2, 0.25) is 11.7 Å². The van der Waals surface area contributed by atoms with Crippen molar-refractivity contribution in [3.05, 3.63) is 60.0 Å². The molecule has 0 radical (unpaired) electrons. The highest BCUT2D eigenvalue weighted by atomic mass is 16.5. The normalized spacial score (nSPS) is 16.2. The van der Waals surface area contributed by atoms with Crippen molar-refractivity contribution in [3.63, 3.8) is 0 Å². The molecule has 0 spiro atoms. The van der Waals surface area contributed by atoms with Crippen LogP contribution in [0.3, 0.4) is 0 Å². The summed E-state index contributed by atoms with van der Waals surface area (Å²) in [6.07, 6.45) is -0.465. The molecular weight excluding hydrogens is 396 g/mol. The largest absolute Gasteiger partial charge is 0.493 e. The molecule has 8 heteroatoms. The number of nitrogens with zero attached hydrogens (tertiary/aromatic N) is 4. The van der Waals surface area contributed by atoms with E-state index in [9.17, 15) is 5.11 Å². The second-order valence-corrected chi connectivity index (χ2v) is 7.58. The molecule has 31 heavy (non-hydrogen) atoms. The van der Waals surface area contributed by atoms with Crippen LogP contribution in [0.25, 0.3) is 11.4 Å². The molecule has 1 saturated heterocycles. The van der Waals surface area contributed by atoms with Gasteiger partial charge in [-0.15, -0.1) is 0 Å². The van der Waals surface area contributed by atoms with Crippen LogP contribution in [0.1, 0.15) is 17.6 Å². The highest BCUT2D eigenvalue weighted by molar-refractivity contribution is 5.60. The number of rotatable bonds is 8. The number of methoxy groups -OCH3 is 2. The van der Waals surface area contributed by atoms with Crippen molar-refractivity contribution in [1.29, 1.82) is 0 Å². The lowest BCUT2D eigenvalue weighted by Gasteiger charge is -2.34. The van der Waals surface area contributed by atoms with Gasteiger partial charge in [0.25, 0.3) is 0 Å². The van der Waals surface area contributed by atoms with Crippen molar-refractivity contribution in [3.8, 4) is 22.9 Å². The third kappa shape index (κ3) is 5.22. The second-order valence-electron chi connectivity index (χ2n) is 7.58. The van der Waals surface area contributed by atoms with Crippen LogP contribution in [0.15, 0.2) is 53.1 Å². The first-order valence-electron chi connectivity index (χ1n) is 10.4. The predicted molar refractivity (Wildman–Crippen MR) is 116 cm³/mol. The van der Waals surface area contributed by atoms with E-state index in [2.05, 4.69) is 19.9 Å². The van der Waals surface area contributed by atoms with E-state index < -0.39 is 6.10 Å². The molecule has 0 bridgehead atoms. The van der Waals surface area contributed by atoms with Crippen LogP contribution in [-0.2, 0) is 6.54 Å². The molecule has 1 unspecified atom stereocenters. The molecule has 0 saturated carbocycles. The third-order valence-electron chi connectivity index (χ3n) is 5.55. The minimum Gasteiger partial charge on any atom is -0.493 e. The minimum atomic E-state index is -0.465. The van der Waals surface area contributed by atoms with Gasteiger partial charge >= 0.3 is 0 Å². The third-order valence-corrected chi connectivity index (χ3v) is 5.55. The fourth-order valence-corrected chi connectivity index (χ4v) is 3.76. The molecule has 3 aromatic rings. The average Bonchev–Trinajstić information content (AvgIpc) is 3.29. The summed E-state index contributed by atoms with van der Waals surface area (Å²) in [5.41, 5.74) is 1.77. The first-order chi connectivity index (χ1) is 15.2. The topological polar surface area (TPSA) is 84.1 Å². The maximum Gasteiger partial charge on any atom is 0.241 e. The Balaban J connectivity index is 1.30. The molecule has 2 aromatic carbocycles. The minimum absolute atomic E-state index is 0.465. The molecule has 1 aromatic heterocycles. The SMILES string of the molecule is COc1ccc(-c2noc(CN3CCN(CC(O)c4ccccc4)CC3)n2)cc1OC. The van der Waals surface area contributed by atoms with E-state index in [1.54, 1.807) is 14.2 Å². The van der Waals surface area contributed by atoms with Gasteiger partial charge in [-0.25, -0.2) is 0 Å². The van der Waals surface area contributed by atoms with Crippen molar-refractivity contribution in [2.75, 3.05) is 46.9 Å². The maximum atomic E-state index is 10.4. The molecule has 164 valence electrons. The van der Waals surface area contributed by atoms with Crippen molar-refractivity contribution in [2.24, 2.45) is 0 Å². The van der Waals surface area contributed by atoms with E-state index in [0.717, 1.165) is 37.3 Å². The Morgan fingerprint density at radius 1 is 0.968 bits per heavy atom. The highest BCUT2D eigenvalue weighted by Crippen LogP contribution is 2.31. The van der Waals surface area contributed by atoms with Crippen LogP contribution in [0.2, 0.25) is 0 Å².